The van der Waals surface area contributed by atoms with Crippen LogP contribution in [0.4, 0.5) is 0 Å². The fraction of sp³-hybridized carbons (Fsp3) is 0.846. The minimum atomic E-state index is -0.811. The molecular weight excluding hydrogens is 446 g/mol. The van der Waals surface area contributed by atoms with Crippen LogP contribution < -0.4 is 27.0 Å². The Morgan fingerprint density at radius 3 is 2.17 bits per heavy atom. The maximum absolute atomic E-state index is 13.1. The van der Waals surface area contributed by atoms with Crippen molar-refractivity contribution in [3.05, 3.63) is 0 Å². The maximum atomic E-state index is 13.1. The van der Waals surface area contributed by atoms with Crippen molar-refractivity contribution in [2.75, 3.05) is 13.1 Å². The number of nitrogens with one attached hydrogen (secondary N) is 4. The lowest BCUT2D eigenvalue weighted by atomic mass is 9.98. The molecule has 9 heteroatoms. The van der Waals surface area contributed by atoms with E-state index in [-0.39, 0.29) is 36.7 Å². The summed E-state index contributed by atoms with van der Waals surface area (Å²) in [5, 5.41) is 11.1. The number of unbranched alkanes of at least 4 members (excludes halogenated alkanes) is 4. The van der Waals surface area contributed by atoms with Crippen LogP contribution in [-0.2, 0) is 19.2 Å². The van der Waals surface area contributed by atoms with Gasteiger partial charge in [0.05, 0.1) is 6.54 Å². The highest BCUT2D eigenvalue weighted by atomic mass is 16.2. The van der Waals surface area contributed by atoms with Crippen molar-refractivity contribution in [3.8, 4) is 0 Å². The SMILES string of the molecule is CCC(C)CCCCCCCC1CC(=O)NCC(=O)NC(CCCN)C(=O)NC(C(C)C)C(=O)N1. The van der Waals surface area contributed by atoms with E-state index in [9.17, 15) is 19.2 Å². The molecule has 1 aliphatic rings. The molecule has 1 rings (SSSR count). The molecule has 6 N–H and O–H groups in total. The van der Waals surface area contributed by atoms with Gasteiger partial charge in [-0.05, 0) is 37.6 Å². The third-order valence-electron chi connectivity index (χ3n) is 6.77. The van der Waals surface area contributed by atoms with Crippen LogP contribution in [0.2, 0.25) is 0 Å². The van der Waals surface area contributed by atoms with E-state index < -0.39 is 23.9 Å². The topological polar surface area (TPSA) is 142 Å². The zero-order chi connectivity index (χ0) is 26.2. The third-order valence-corrected chi connectivity index (χ3v) is 6.77. The summed E-state index contributed by atoms with van der Waals surface area (Å²) in [6.07, 6.45) is 9.68. The summed E-state index contributed by atoms with van der Waals surface area (Å²) in [5.41, 5.74) is 5.57. The van der Waals surface area contributed by atoms with Crippen LogP contribution in [-0.4, -0.2) is 54.8 Å². The van der Waals surface area contributed by atoms with E-state index in [0.29, 0.717) is 25.8 Å². The van der Waals surface area contributed by atoms with Crippen molar-refractivity contribution in [2.45, 2.75) is 116 Å². The predicted octanol–water partition coefficient (Wildman–Crippen LogP) is 2.13. The van der Waals surface area contributed by atoms with Crippen LogP contribution in [0.3, 0.4) is 0 Å². The normalized spacial score (nSPS) is 23.3. The largest absolute Gasteiger partial charge is 0.351 e. The van der Waals surface area contributed by atoms with Crippen LogP contribution in [0.25, 0.3) is 0 Å². The lowest BCUT2D eigenvalue weighted by molar-refractivity contribution is -0.133. The van der Waals surface area contributed by atoms with Gasteiger partial charge in [-0.1, -0.05) is 72.6 Å². The summed E-state index contributed by atoms with van der Waals surface area (Å²) in [5.74, 6) is -0.837. The summed E-state index contributed by atoms with van der Waals surface area (Å²) in [4.78, 5) is 50.9. The molecule has 0 aromatic rings. The molecule has 0 aliphatic carbocycles. The smallest absolute Gasteiger partial charge is 0.243 e. The van der Waals surface area contributed by atoms with Crippen molar-refractivity contribution in [2.24, 2.45) is 17.6 Å². The first-order valence-corrected chi connectivity index (χ1v) is 13.5. The minimum Gasteiger partial charge on any atom is -0.351 e. The summed E-state index contributed by atoms with van der Waals surface area (Å²) in [6, 6.07) is -1.92. The molecule has 0 radical (unpaired) electrons. The summed E-state index contributed by atoms with van der Waals surface area (Å²) < 4.78 is 0. The van der Waals surface area contributed by atoms with E-state index in [2.05, 4.69) is 35.1 Å². The molecule has 9 nitrogen and oxygen atoms in total. The van der Waals surface area contributed by atoms with Gasteiger partial charge in [0.1, 0.15) is 12.1 Å². The van der Waals surface area contributed by atoms with Gasteiger partial charge >= 0.3 is 0 Å². The molecule has 1 aliphatic heterocycles. The van der Waals surface area contributed by atoms with Gasteiger partial charge < -0.3 is 27.0 Å². The number of nitrogens with two attached hydrogens (primary N) is 1. The van der Waals surface area contributed by atoms with Gasteiger partial charge in [-0.3, -0.25) is 19.2 Å². The van der Waals surface area contributed by atoms with E-state index in [0.717, 1.165) is 25.2 Å². The Labute approximate surface area is 211 Å². The molecule has 0 spiro atoms. The molecule has 1 saturated heterocycles. The zero-order valence-corrected chi connectivity index (χ0v) is 22.3. The molecule has 4 unspecified atom stereocenters. The Bertz CT molecular complexity index is 670. The molecule has 0 aromatic carbocycles. The number of hydrogen-bond acceptors (Lipinski definition) is 5. The van der Waals surface area contributed by atoms with Crippen LogP contribution >= 0.6 is 0 Å². The second kappa shape index (κ2) is 17.3. The first kappa shape index (κ1) is 30.9. The molecule has 4 amide bonds. The first-order chi connectivity index (χ1) is 16.7. The summed E-state index contributed by atoms with van der Waals surface area (Å²) >= 11 is 0. The third kappa shape index (κ3) is 12.9. The van der Waals surface area contributed by atoms with Gasteiger partial charge in [0.15, 0.2) is 0 Å². The standard InChI is InChI=1S/C26H49N5O4/c1-5-19(4)12-9-7-6-8-10-13-20-16-22(32)28-17-23(33)30-21(14-11-15-27)25(34)31-24(18(2)3)26(35)29-20/h18-21,24H,5-17,27H2,1-4H3,(H,28,32)(H,29,35)(H,30,33)(H,31,34). The Morgan fingerprint density at radius 2 is 1.51 bits per heavy atom. The summed E-state index contributed by atoms with van der Waals surface area (Å²) in [6.45, 7) is 8.39. The first-order valence-electron chi connectivity index (χ1n) is 13.5. The van der Waals surface area contributed by atoms with Gasteiger partial charge in [-0.25, -0.2) is 0 Å². The molecule has 1 fully saturated rings. The second-order valence-electron chi connectivity index (χ2n) is 10.3. The number of amides is 4. The summed E-state index contributed by atoms with van der Waals surface area (Å²) in [7, 11) is 0. The van der Waals surface area contributed by atoms with Crippen molar-refractivity contribution in [1.29, 1.82) is 0 Å². The number of carbonyl (C=O) groups is 4. The van der Waals surface area contributed by atoms with E-state index in [1.807, 2.05) is 13.8 Å². The molecule has 4 atom stereocenters. The lowest BCUT2D eigenvalue weighted by Gasteiger charge is -2.27. The highest BCUT2D eigenvalue weighted by Gasteiger charge is 2.30. The number of hydrogen-bond donors (Lipinski definition) is 5. The van der Waals surface area contributed by atoms with Crippen molar-refractivity contribution < 1.29 is 19.2 Å². The van der Waals surface area contributed by atoms with Gasteiger partial charge in [-0.2, -0.15) is 0 Å². The van der Waals surface area contributed by atoms with Crippen LogP contribution in [0.15, 0.2) is 0 Å². The average Bonchev–Trinajstić information content (AvgIpc) is 2.82. The Balaban J connectivity index is 2.79. The molecule has 1 heterocycles. The van der Waals surface area contributed by atoms with Gasteiger partial charge in [0.2, 0.25) is 23.6 Å². The van der Waals surface area contributed by atoms with Crippen molar-refractivity contribution in [1.82, 2.24) is 21.3 Å². The van der Waals surface area contributed by atoms with Crippen molar-refractivity contribution >= 4 is 23.6 Å². The minimum absolute atomic E-state index is 0.0996. The van der Waals surface area contributed by atoms with Gasteiger partial charge in [-0.15, -0.1) is 0 Å². The molecule has 0 bridgehead atoms. The van der Waals surface area contributed by atoms with Gasteiger partial charge in [0, 0.05) is 12.5 Å². The quantitative estimate of drug-likeness (QED) is 0.249. The average molecular weight is 496 g/mol. The van der Waals surface area contributed by atoms with E-state index in [1.54, 1.807) is 0 Å². The molecule has 35 heavy (non-hydrogen) atoms. The monoisotopic (exact) mass is 495 g/mol. The van der Waals surface area contributed by atoms with E-state index in [4.69, 9.17) is 5.73 Å². The molecule has 0 aromatic heterocycles. The lowest BCUT2D eigenvalue weighted by Crippen LogP contribution is -2.56. The Hall–Kier alpha value is -2.16. The predicted molar refractivity (Wildman–Crippen MR) is 138 cm³/mol. The second-order valence-corrected chi connectivity index (χ2v) is 10.3. The maximum Gasteiger partial charge on any atom is 0.243 e. The number of carbonyl (C=O) groups excluding carboxylic acids is 4. The van der Waals surface area contributed by atoms with Crippen LogP contribution in [0.5, 0.6) is 0 Å². The molecular formula is C26H49N5O4. The van der Waals surface area contributed by atoms with E-state index in [1.165, 1.54) is 25.7 Å². The molecule has 202 valence electrons. The Kier molecular flexibility index (Phi) is 15.3. The number of rotatable bonds is 13. The molecule has 0 saturated carbocycles. The van der Waals surface area contributed by atoms with Crippen LogP contribution in [0.1, 0.15) is 98.3 Å². The fourth-order valence-electron chi connectivity index (χ4n) is 4.23. The van der Waals surface area contributed by atoms with Gasteiger partial charge in [0.25, 0.3) is 0 Å². The zero-order valence-electron chi connectivity index (χ0n) is 22.3. The van der Waals surface area contributed by atoms with E-state index >= 15 is 0 Å². The highest BCUT2D eigenvalue weighted by molar-refractivity contribution is 5.94. The van der Waals surface area contributed by atoms with Crippen LogP contribution in [0, 0.1) is 11.8 Å². The Morgan fingerprint density at radius 1 is 0.829 bits per heavy atom. The highest BCUT2D eigenvalue weighted by Crippen LogP contribution is 2.15. The van der Waals surface area contributed by atoms with Crippen molar-refractivity contribution in [3.63, 3.8) is 0 Å². The fourth-order valence-corrected chi connectivity index (χ4v) is 4.23.